The largest absolute Gasteiger partial charge is 0.392 e. The Hall–Kier alpha value is -0.930. The fraction of sp³-hybridized carbons (Fsp3) is 0.538. The van der Waals surface area contributed by atoms with Gasteiger partial charge in [0, 0.05) is 13.1 Å². The summed E-state index contributed by atoms with van der Waals surface area (Å²) >= 11 is 0. The maximum Gasteiger partial charge on any atom is 0.123 e. The number of aliphatic hydroxyl groups excluding tert-OH is 1. The van der Waals surface area contributed by atoms with Gasteiger partial charge in [-0.05, 0) is 49.6 Å². The van der Waals surface area contributed by atoms with E-state index in [1.807, 2.05) is 13.0 Å². The molecule has 0 spiro atoms. The average Bonchev–Trinajstić information content (AvgIpc) is 2.22. The summed E-state index contributed by atoms with van der Waals surface area (Å²) in [6.07, 6.45) is 1.75. The summed E-state index contributed by atoms with van der Waals surface area (Å²) in [5.74, 6) is -0.181. The van der Waals surface area contributed by atoms with Crippen LogP contribution in [0, 0.1) is 12.7 Å². The molecular weight excluding hydrogens is 205 g/mol. The lowest BCUT2D eigenvalue weighted by molar-refractivity contribution is 0.0667. The van der Waals surface area contributed by atoms with Crippen molar-refractivity contribution in [3.05, 3.63) is 35.1 Å². The van der Waals surface area contributed by atoms with E-state index in [9.17, 15) is 9.50 Å². The van der Waals surface area contributed by atoms with Crippen LogP contribution < -0.4 is 0 Å². The Morgan fingerprint density at radius 3 is 3.00 bits per heavy atom. The van der Waals surface area contributed by atoms with Gasteiger partial charge >= 0.3 is 0 Å². The van der Waals surface area contributed by atoms with Crippen molar-refractivity contribution < 1.29 is 9.50 Å². The van der Waals surface area contributed by atoms with Crippen molar-refractivity contribution >= 4 is 0 Å². The summed E-state index contributed by atoms with van der Waals surface area (Å²) in [5.41, 5.74) is 2.13. The number of aryl methyl sites for hydroxylation is 1. The van der Waals surface area contributed by atoms with E-state index in [0.29, 0.717) is 0 Å². The van der Waals surface area contributed by atoms with Gasteiger partial charge in [0.25, 0.3) is 0 Å². The van der Waals surface area contributed by atoms with Gasteiger partial charge in [0.15, 0.2) is 0 Å². The zero-order chi connectivity index (χ0) is 11.5. The monoisotopic (exact) mass is 223 g/mol. The van der Waals surface area contributed by atoms with Crippen LogP contribution in [0.1, 0.15) is 24.0 Å². The molecular formula is C13H18FNO. The molecule has 1 aromatic carbocycles. The Morgan fingerprint density at radius 1 is 1.50 bits per heavy atom. The van der Waals surface area contributed by atoms with E-state index >= 15 is 0 Å². The van der Waals surface area contributed by atoms with Crippen molar-refractivity contribution in [2.45, 2.75) is 32.4 Å². The molecule has 88 valence electrons. The molecule has 1 aliphatic heterocycles. The first-order valence-electron chi connectivity index (χ1n) is 5.80. The maximum absolute atomic E-state index is 12.9. The average molecular weight is 223 g/mol. The van der Waals surface area contributed by atoms with Gasteiger partial charge in [-0.2, -0.15) is 0 Å². The minimum absolute atomic E-state index is 0.181. The summed E-state index contributed by atoms with van der Waals surface area (Å²) < 4.78 is 12.9. The molecule has 1 heterocycles. The first kappa shape index (κ1) is 11.6. The second-order valence-electron chi connectivity index (χ2n) is 4.60. The van der Waals surface area contributed by atoms with Crippen LogP contribution in [-0.4, -0.2) is 29.2 Å². The standard InChI is InChI=1S/C13H18FNO/c1-10-7-12(14)5-4-11(10)8-15-6-2-3-13(16)9-15/h4-5,7,13,16H,2-3,6,8-9H2,1H3. The third-order valence-corrected chi connectivity index (χ3v) is 3.18. The summed E-state index contributed by atoms with van der Waals surface area (Å²) in [6.45, 7) is 4.49. The van der Waals surface area contributed by atoms with Crippen molar-refractivity contribution in [3.63, 3.8) is 0 Å². The summed E-state index contributed by atoms with van der Waals surface area (Å²) in [7, 11) is 0. The Balaban J connectivity index is 2.02. The van der Waals surface area contributed by atoms with E-state index in [2.05, 4.69) is 4.90 Å². The molecule has 0 radical (unpaired) electrons. The summed E-state index contributed by atoms with van der Waals surface area (Å²) in [6, 6.07) is 4.91. The number of rotatable bonds is 2. The minimum atomic E-state index is -0.200. The van der Waals surface area contributed by atoms with Gasteiger partial charge < -0.3 is 5.11 Å². The number of β-amino-alcohol motifs (C(OH)–C–C–N with tert-alkyl or cyclic N) is 1. The van der Waals surface area contributed by atoms with Gasteiger partial charge in [0.1, 0.15) is 5.82 Å². The van der Waals surface area contributed by atoms with Crippen LogP contribution in [0.25, 0.3) is 0 Å². The molecule has 0 amide bonds. The number of hydrogen-bond acceptors (Lipinski definition) is 2. The Kier molecular flexibility index (Phi) is 3.56. The molecule has 1 N–H and O–H groups in total. The molecule has 16 heavy (non-hydrogen) atoms. The number of aliphatic hydroxyl groups is 1. The predicted molar refractivity (Wildman–Crippen MR) is 61.7 cm³/mol. The summed E-state index contributed by atoms with van der Waals surface area (Å²) in [5, 5.41) is 9.57. The highest BCUT2D eigenvalue weighted by atomic mass is 19.1. The normalized spacial score (nSPS) is 22.3. The van der Waals surface area contributed by atoms with Gasteiger partial charge in [0.05, 0.1) is 6.10 Å². The zero-order valence-corrected chi connectivity index (χ0v) is 9.62. The van der Waals surface area contributed by atoms with Crippen molar-refractivity contribution in [1.82, 2.24) is 4.90 Å². The van der Waals surface area contributed by atoms with Crippen LogP contribution in [0.5, 0.6) is 0 Å². The number of halogens is 1. The molecule has 1 aromatic rings. The van der Waals surface area contributed by atoms with Crippen molar-refractivity contribution in [2.75, 3.05) is 13.1 Å². The Labute approximate surface area is 95.7 Å². The SMILES string of the molecule is Cc1cc(F)ccc1CN1CCCC(O)C1. The topological polar surface area (TPSA) is 23.5 Å². The minimum Gasteiger partial charge on any atom is -0.392 e. The van der Waals surface area contributed by atoms with Gasteiger partial charge in [-0.15, -0.1) is 0 Å². The van der Waals surface area contributed by atoms with E-state index in [0.717, 1.165) is 43.6 Å². The number of benzene rings is 1. The van der Waals surface area contributed by atoms with E-state index in [-0.39, 0.29) is 11.9 Å². The van der Waals surface area contributed by atoms with E-state index < -0.39 is 0 Å². The Bertz CT molecular complexity index is 367. The molecule has 3 heteroatoms. The van der Waals surface area contributed by atoms with E-state index in [1.165, 1.54) is 6.07 Å². The van der Waals surface area contributed by atoms with Crippen LogP contribution in [-0.2, 0) is 6.54 Å². The smallest absolute Gasteiger partial charge is 0.123 e. The summed E-state index contributed by atoms with van der Waals surface area (Å²) in [4.78, 5) is 2.23. The van der Waals surface area contributed by atoms with Gasteiger partial charge in [-0.1, -0.05) is 6.07 Å². The van der Waals surface area contributed by atoms with Crippen LogP contribution in [0.2, 0.25) is 0 Å². The van der Waals surface area contributed by atoms with Crippen LogP contribution >= 0.6 is 0 Å². The molecule has 1 aliphatic rings. The Morgan fingerprint density at radius 2 is 2.31 bits per heavy atom. The number of hydrogen-bond donors (Lipinski definition) is 1. The number of likely N-dealkylation sites (tertiary alicyclic amines) is 1. The molecule has 0 bridgehead atoms. The maximum atomic E-state index is 12.9. The van der Waals surface area contributed by atoms with E-state index in [4.69, 9.17) is 0 Å². The zero-order valence-electron chi connectivity index (χ0n) is 9.62. The molecule has 2 rings (SSSR count). The quantitative estimate of drug-likeness (QED) is 0.830. The van der Waals surface area contributed by atoms with Crippen molar-refractivity contribution in [2.24, 2.45) is 0 Å². The fourth-order valence-electron chi connectivity index (χ4n) is 2.25. The number of nitrogens with zero attached hydrogens (tertiary/aromatic N) is 1. The molecule has 0 aromatic heterocycles. The predicted octanol–water partition coefficient (Wildman–Crippen LogP) is 2.09. The molecule has 0 aliphatic carbocycles. The highest BCUT2D eigenvalue weighted by molar-refractivity contribution is 5.26. The fourth-order valence-corrected chi connectivity index (χ4v) is 2.25. The lowest BCUT2D eigenvalue weighted by atomic mass is 10.0. The van der Waals surface area contributed by atoms with Crippen molar-refractivity contribution in [1.29, 1.82) is 0 Å². The molecule has 1 unspecified atom stereocenters. The van der Waals surface area contributed by atoms with Gasteiger partial charge in [-0.25, -0.2) is 4.39 Å². The van der Waals surface area contributed by atoms with Gasteiger partial charge in [0.2, 0.25) is 0 Å². The second kappa shape index (κ2) is 4.93. The van der Waals surface area contributed by atoms with Crippen molar-refractivity contribution in [3.8, 4) is 0 Å². The molecule has 0 saturated carbocycles. The third kappa shape index (κ3) is 2.80. The third-order valence-electron chi connectivity index (χ3n) is 3.18. The van der Waals surface area contributed by atoms with Crippen LogP contribution in [0.3, 0.4) is 0 Å². The van der Waals surface area contributed by atoms with Gasteiger partial charge in [-0.3, -0.25) is 4.90 Å². The molecule has 1 saturated heterocycles. The second-order valence-corrected chi connectivity index (χ2v) is 4.60. The number of piperidine rings is 1. The first-order valence-corrected chi connectivity index (χ1v) is 5.80. The molecule has 1 atom stereocenters. The van der Waals surface area contributed by atoms with Crippen LogP contribution in [0.15, 0.2) is 18.2 Å². The first-order chi connectivity index (χ1) is 7.65. The highest BCUT2D eigenvalue weighted by Gasteiger charge is 2.17. The molecule has 2 nitrogen and oxygen atoms in total. The lowest BCUT2D eigenvalue weighted by Crippen LogP contribution is -2.37. The van der Waals surface area contributed by atoms with E-state index in [1.54, 1.807) is 6.07 Å². The highest BCUT2D eigenvalue weighted by Crippen LogP contribution is 2.16. The van der Waals surface area contributed by atoms with Crippen LogP contribution in [0.4, 0.5) is 4.39 Å². The molecule has 1 fully saturated rings. The lowest BCUT2D eigenvalue weighted by Gasteiger charge is -2.30.